The summed E-state index contributed by atoms with van der Waals surface area (Å²) in [6, 6.07) is 12.5. The summed E-state index contributed by atoms with van der Waals surface area (Å²) < 4.78 is 0. The second-order valence-electron chi connectivity index (χ2n) is 6.06. The molecule has 122 valence electrons. The third kappa shape index (κ3) is 2.73. The van der Waals surface area contributed by atoms with Crippen LogP contribution in [0, 0.1) is 5.92 Å². The number of anilines is 1. The van der Waals surface area contributed by atoms with Crippen LogP contribution in [0.3, 0.4) is 0 Å². The molecule has 3 heterocycles. The van der Waals surface area contributed by atoms with Gasteiger partial charge in [0, 0.05) is 23.9 Å². The Morgan fingerprint density at radius 2 is 1.92 bits per heavy atom. The van der Waals surface area contributed by atoms with E-state index in [2.05, 4.69) is 33.1 Å². The van der Waals surface area contributed by atoms with Crippen molar-refractivity contribution < 1.29 is 4.79 Å². The molecule has 2 N–H and O–H groups in total. The molecule has 4 rings (SSSR count). The van der Waals surface area contributed by atoms with Crippen LogP contribution >= 0.6 is 11.3 Å². The zero-order valence-electron chi connectivity index (χ0n) is 13.2. The molecule has 1 aliphatic rings. The summed E-state index contributed by atoms with van der Waals surface area (Å²) >= 11 is 1.68. The van der Waals surface area contributed by atoms with Gasteiger partial charge in [0.2, 0.25) is 5.91 Å². The molecule has 0 aliphatic carbocycles. The van der Waals surface area contributed by atoms with Crippen molar-refractivity contribution in [3.05, 3.63) is 42.7 Å². The first-order chi connectivity index (χ1) is 11.7. The number of aromatic nitrogens is 2. The number of piperidine rings is 1. The van der Waals surface area contributed by atoms with Gasteiger partial charge >= 0.3 is 0 Å². The van der Waals surface area contributed by atoms with Crippen molar-refractivity contribution in [3.8, 4) is 10.4 Å². The van der Waals surface area contributed by atoms with Gasteiger partial charge in [0.15, 0.2) is 0 Å². The largest absolute Gasteiger partial charge is 0.369 e. The molecule has 2 aromatic heterocycles. The van der Waals surface area contributed by atoms with Gasteiger partial charge in [-0.05, 0) is 24.5 Å². The first kappa shape index (κ1) is 15.1. The number of carbonyl (C=O) groups excluding carboxylic acids is 1. The fraction of sp³-hybridized carbons (Fsp3) is 0.278. The first-order valence-corrected chi connectivity index (χ1v) is 8.88. The van der Waals surface area contributed by atoms with Crippen molar-refractivity contribution in [1.29, 1.82) is 0 Å². The van der Waals surface area contributed by atoms with E-state index in [0.29, 0.717) is 0 Å². The predicted molar refractivity (Wildman–Crippen MR) is 97.0 cm³/mol. The van der Waals surface area contributed by atoms with Gasteiger partial charge in [0.25, 0.3) is 0 Å². The molecule has 0 unspecified atom stereocenters. The van der Waals surface area contributed by atoms with Crippen LogP contribution in [0.25, 0.3) is 20.7 Å². The molecular formula is C18H18N4OS. The Hall–Kier alpha value is -2.47. The third-order valence-electron chi connectivity index (χ3n) is 4.56. The van der Waals surface area contributed by atoms with Crippen molar-refractivity contribution in [2.24, 2.45) is 11.7 Å². The lowest BCUT2D eigenvalue weighted by Gasteiger charge is -2.31. The highest BCUT2D eigenvalue weighted by Gasteiger charge is 2.25. The lowest BCUT2D eigenvalue weighted by molar-refractivity contribution is -0.122. The Morgan fingerprint density at radius 1 is 1.17 bits per heavy atom. The minimum absolute atomic E-state index is 0.0130. The van der Waals surface area contributed by atoms with E-state index >= 15 is 0 Å². The molecule has 0 saturated carbocycles. The molecule has 5 nitrogen and oxygen atoms in total. The van der Waals surface area contributed by atoms with Gasteiger partial charge in [-0.2, -0.15) is 0 Å². The Morgan fingerprint density at radius 3 is 2.62 bits per heavy atom. The van der Waals surface area contributed by atoms with Crippen LogP contribution in [0.4, 0.5) is 5.82 Å². The lowest BCUT2D eigenvalue weighted by atomic mass is 9.96. The Labute approximate surface area is 144 Å². The molecule has 1 fully saturated rings. The molecule has 1 aliphatic heterocycles. The molecule has 1 aromatic carbocycles. The van der Waals surface area contributed by atoms with Gasteiger partial charge in [-0.15, -0.1) is 11.3 Å². The van der Waals surface area contributed by atoms with Gasteiger partial charge in [0.1, 0.15) is 17.0 Å². The van der Waals surface area contributed by atoms with E-state index in [-0.39, 0.29) is 11.8 Å². The summed E-state index contributed by atoms with van der Waals surface area (Å²) in [5.74, 6) is 0.756. The second-order valence-corrected chi connectivity index (χ2v) is 7.09. The number of rotatable bonds is 3. The van der Waals surface area contributed by atoms with E-state index in [1.54, 1.807) is 17.7 Å². The Kier molecular flexibility index (Phi) is 3.90. The molecule has 0 bridgehead atoms. The average molecular weight is 338 g/mol. The Bertz CT molecular complexity index is 869. The maximum absolute atomic E-state index is 11.3. The van der Waals surface area contributed by atoms with Crippen molar-refractivity contribution in [3.63, 3.8) is 0 Å². The third-order valence-corrected chi connectivity index (χ3v) is 5.66. The maximum atomic E-state index is 11.3. The predicted octanol–water partition coefficient (Wildman–Crippen LogP) is 3.06. The van der Waals surface area contributed by atoms with Crippen molar-refractivity contribution in [1.82, 2.24) is 9.97 Å². The molecule has 24 heavy (non-hydrogen) atoms. The topological polar surface area (TPSA) is 72.1 Å². The Balaban J connectivity index is 1.67. The molecule has 3 aromatic rings. The number of amides is 1. The lowest BCUT2D eigenvalue weighted by Crippen LogP contribution is -2.39. The van der Waals surface area contributed by atoms with E-state index < -0.39 is 0 Å². The highest BCUT2D eigenvalue weighted by Crippen LogP contribution is 2.36. The van der Waals surface area contributed by atoms with Crippen LogP contribution in [0.15, 0.2) is 42.7 Å². The van der Waals surface area contributed by atoms with Gasteiger partial charge in [0.05, 0.1) is 5.39 Å². The molecular weight excluding hydrogens is 320 g/mol. The molecule has 1 amide bonds. The fourth-order valence-corrected chi connectivity index (χ4v) is 4.21. The van der Waals surface area contributed by atoms with Gasteiger partial charge < -0.3 is 10.6 Å². The number of primary amides is 1. The van der Waals surface area contributed by atoms with Crippen LogP contribution in [-0.2, 0) is 4.79 Å². The molecule has 0 atom stereocenters. The van der Waals surface area contributed by atoms with E-state index in [1.807, 2.05) is 18.2 Å². The minimum atomic E-state index is -0.190. The normalized spacial score (nSPS) is 15.8. The van der Waals surface area contributed by atoms with Crippen molar-refractivity contribution in [2.45, 2.75) is 12.8 Å². The number of fused-ring (bicyclic) bond motifs is 1. The molecule has 0 spiro atoms. The number of hydrogen-bond acceptors (Lipinski definition) is 5. The monoisotopic (exact) mass is 338 g/mol. The minimum Gasteiger partial charge on any atom is -0.369 e. The number of nitrogens with two attached hydrogens (primary N) is 1. The number of nitrogens with zero attached hydrogens (tertiary/aromatic N) is 3. The molecule has 1 saturated heterocycles. The van der Waals surface area contributed by atoms with Crippen LogP contribution < -0.4 is 10.6 Å². The summed E-state index contributed by atoms with van der Waals surface area (Å²) in [4.78, 5) is 24.7. The standard InChI is InChI=1S/C18H18N4OS/c19-16(23)13-6-8-22(9-7-13)17-14-10-15(12-4-2-1-3-5-12)24-18(14)21-11-20-17/h1-5,10-11,13H,6-9H2,(H2,19,23). The second kappa shape index (κ2) is 6.20. The fourth-order valence-electron chi connectivity index (χ4n) is 3.22. The summed E-state index contributed by atoms with van der Waals surface area (Å²) in [5, 5.41) is 1.08. The quantitative estimate of drug-likeness (QED) is 0.797. The SMILES string of the molecule is NC(=O)C1CCN(c2ncnc3sc(-c4ccccc4)cc23)CC1. The van der Waals surface area contributed by atoms with Gasteiger partial charge in [-0.25, -0.2) is 9.97 Å². The number of carbonyl (C=O) groups is 1. The zero-order chi connectivity index (χ0) is 16.5. The highest BCUT2D eigenvalue weighted by atomic mass is 32.1. The summed E-state index contributed by atoms with van der Waals surface area (Å²) in [6.45, 7) is 1.60. The number of thiophene rings is 1. The van der Waals surface area contributed by atoms with Crippen LogP contribution in [0.1, 0.15) is 12.8 Å². The summed E-state index contributed by atoms with van der Waals surface area (Å²) in [5.41, 5.74) is 6.62. The van der Waals surface area contributed by atoms with Crippen molar-refractivity contribution in [2.75, 3.05) is 18.0 Å². The summed E-state index contributed by atoms with van der Waals surface area (Å²) in [7, 11) is 0. The van der Waals surface area contributed by atoms with E-state index in [1.165, 1.54) is 10.4 Å². The maximum Gasteiger partial charge on any atom is 0.220 e. The van der Waals surface area contributed by atoms with Crippen LogP contribution in [0.2, 0.25) is 0 Å². The molecule has 6 heteroatoms. The first-order valence-electron chi connectivity index (χ1n) is 8.06. The number of hydrogen-bond donors (Lipinski definition) is 1. The van der Waals surface area contributed by atoms with Crippen molar-refractivity contribution >= 4 is 33.3 Å². The highest BCUT2D eigenvalue weighted by molar-refractivity contribution is 7.21. The smallest absolute Gasteiger partial charge is 0.220 e. The zero-order valence-corrected chi connectivity index (χ0v) is 14.0. The molecule has 0 radical (unpaired) electrons. The van der Waals surface area contributed by atoms with E-state index in [9.17, 15) is 4.79 Å². The average Bonchev–Trinajstić information content (AvgIpc) is 3.07. The van der Waals surface area contributed by atoms with Crippen LogP contribution in [-0.4, -0.2) is 29.0 Å². The van der Waals surface area contributed by atoms with E-state index in [0.717, 1.165) is 42.0 Å². The number of benzene rings is 1. The van der Waals surface area contributed by atoms with Gasteiger partial charge in [-0.1, -0.05) is 30.3 Å². The van der Waals surface area contributed by atoms with Gasteiger partial charge in [-0.3, -0.25) is 4.79 Å². The summed E-state index contributed by atoms with van der Waals surface area (Å²) in [6.07, 6.45) is 3.20. The van der Waals surface area contributed by atoms with Crippen LogP contribution in [0.5, 0.6) is 0 Å². The van der Waals surface area contributed by atoms with E-state index in [4.69, 9.17) is 5.73 Å².